The van der Waals surface area contributed by atoms with E-state index in [4.69, 9.17) is 5.11 Å². The van der Waals surface area contributed by atoms with Gasteiger partial charge in [0.15, 0.2) is 0 Å². The van der Waals surface area contributed by atoms with Gasteiger partial charge in [0, 0.05) is 11.0 Å². The summed E-state index contributed by atoms with van der Waals surface area (Å²) in [5.74, 6) is -1.07. The molecule has 4 nitrogen and oxygen atoms in total. The maximum Gasteiger partial charge on any atom is 0.305 e. The molecule has 1 aromatic carbocycles. The first kappa shape index (κ1) is 13.7. The second-order valence-electron chi connectivity index (χ2n) is 3.69. The molecule has 5 heteroatoms. The van der Waals surface area contributed by atoms with E-state index in [0.29, 0.717) is 0 Å². The summed E-state index contributed by atoms with van der Waals surface area (Å²) in [5, 5.41) is 11.0. The lowest BCUT2D eigenvalue weighted by Crippen LogP contribution is -2.27. The zero-order valence-corrected chi connectivity index (χ0v) is 11.1. The molecule has 0 aliphatic heterocycles. The highest BCUT2D eigenvalue weighted by atomic mass is 79.9. The summed E-state index contributed by atoms with van der Waals surface area (Å²) >= 11 is 3.40. The second kappa shape index (κ2) is 6.39. The van der Waals surface area contributed by atoms with Gasteiger partial charge in [-0.05, 0) is 24.1 Å². The number of amides is 1. The third-order valence-electron chi connectivity index (χ3n) is 2.39. The molecule has 0 heterocycles. The number of hydrogen-bond donors (Lipinski definition) is 2. The molecule has 0 bridgehead atoms. The Balaban J connectivity index is 2.51. The van der Waals surface area contributed by atoms with E-state index in [9.17, 15) is 9.59 Å². The SMILES string of the molecule is Cc1c(Br)cccc1CC(=O)NCCC(=O)O. The molecular weight excluding hydrogens is 286 g/mol. The maximum atomic E-state index is 11.5. The van der Waals surface area contributed by atoms with Crippen molar-refractivity contribution in [2.75, 3.05) is 6.54 Å². The molecule has 0 spiro atoms. The topological polar surface area (TPSA) is 66.4 Å². The highest BCUT2D eigenvalue weighted by Crippen LogP contribution is 2.19. The molecule has 2 N–H and O–H groups in total. The van der Waals surface area contributed by atoms with Gasteiger partial charge in [-0.15, -0.1) is 0 Å². The average Bonchev–Trinajstić information content (AvgIpc) is 2.24. The largest absolute Gasteiger partial charge is 0.481 e. The summed E-state index contributed by atoms with van der Waals surface area (Å²) in [5.41, 5.74) is 1.97. The van der Waals surface area contributed by atoms with Crippen LogP contribution in [0.3, 0.4) is 0 Å². The summed E-state index contributed by atoms with van der Waals surface area (Å²) in [6.45, 7) is 2.10. The van der Waals surface area contributed by atoms with Gasteiger partial charge in [0.1, 0.15) is 0 Å². The zero-order valence-electron chi connectivity index (χ0n) is 9.50. The first-order chi connectivity index (χ1) is 8.00. The van der Waals surface area contributed by atoms with Crippen LogP contribution in [0, 0.1) is 6.92 Å². The monoisotopic (exact) mass is 299 g/mol. The molecule has 92 valence electrons. The number of rotatable bonds is 5. The van der Waals surface area contributed by atoms with E-state index in [1.807, 2.05) is 25.1 Å². The molecule has 1 amide bonds. The van der Waals surface area contributed by atoms with Crippen LogP contribution in [0.15, 0.2) is 22.7 Å². The van der Waals surface area contributed by atoms with Crippen molar-refractivity contribution in [2.45, 2.75) is 19.8 Å². The Morgan fingerprint density at radius 3 is 2.76 bits per heavy atom. The molecule has 0 aromatic heterocycles. The van der Waals surface area contributed by atoms with E-state index in [0.717, 1.165) is 15.6 Å². The van der Waals surface area contributed by atoms with Crippen molar-refractivity contribution >= 4 is 27.8 Å². The minimum atomic E-state index is -0.913. The first-order valence-corrected chi connectivity index (χ1v) is 6.02. The fourth-order valence-electron chi connectivity index (χ4n) is 1.39. The van der Waals surface area contributed by atoms with Crippen LogP contribution in [-0.4, -0.2) is 23.5 Å². The van der Waals surface area contributed by atoms with Crippen LogP contribution in [0.25, 0.3) is 0 Å². The summed E-state index contributed by atoms with van der Waals surface area (Å²) < 4.78 is 0.966. The molecule has 0 aliphatic rings. The van der Waals surface area contributed by atoms with Gasteiger partial charge in [-0.25, -0.2) is 0 Å². The smallest absolute Gasteiger partial charge is 0.305 e. The number of carboxylic acids is 1. The van der Waals surface area contributed by atoms with Gasteiger partial charge >= 0.3 is 5.97 Å². The Morgan fingerprint density at radius 2 is 2.12 bits per heavy atom. The standard InChI is InChI=1S/C12H14BrNO3/c1-8-9(3-2-4-10(8)13)7-11(15)14-6-5-12(16)17/h2-4H,5-7H2,1H3,(H,14,15)(H,16,17). The fraction of sp³-hybridized carbons (Fsp3) is 0.333. The first-order valence-electron chi connectivity index (χ1n) is 5.23. The summed E-state index contributed by atoms with van der Waals surface area (Å²) in [7, 11) is 0. The Morgan fingerprint density at radius 1 is 1.41 bits per heavy atom. The van der Waals surface area contributed by atoms with Crippen LogP contribution in [0.2, 0.25) is 0 Å². The quantitative estimate of drug-likeness (QED) is 0.872. The molecule has 0 atom stereocenters. The number of hydrogen-bond acceptors (Lipinski definition) is 2. The third-order valence-corrected chi connectivity index (χ3v) is 3.25. The van der Waals surface area contributed by atoms with Crippen LogP contribution in [0.4, 0.5) is 0 Å². The Labute approximate surface area is 108 Å². The average molecular weight is 300 g/mol. The molecule has 0 unspecified atom stereocenters. The molecule has 17 heavy (non-hydrogen) atoms. The van der Waals surface area contributed by atoms with Crippen molar-refractivity contribution in [3.63, 3.8) is 0 Å². The van der Waals surface area contributed by atoms with Crippen molar-refractivity contribution in [1.29, 1.82) is 0 Å². The van der Waals surface area contributed by atoms with Crippen molar-refractivity contribution in [3.05, 3.63) is 33.8 Å². The number of aliphatic carboxylic acids is 1. The van der Waals surface area contributed by atoms with Gasteiger partial charge in [0.05, 0.1) is 12.8 Å². The molecule has 0 fully saturated rings. The zero-order chi connectivity index (χ0) is 12.8. The second-order valence-corrected chi connectivity index (χ2v) is 4.55. The van der Waals surface area contributed by atoms with Crippen LogP contribution < -0.4 is 5.32 Å². The van der Waals surface area contributed by atoms with E-state index in [2.05, 4.69) is 21.2 Å². The number of carboxylic acid groups (broad SMARTS) is 1. The Kier molecular flexibility index (Phi) is 5.15. The van der Waals surface area contributed by atoms with Gasteiger partial charge in [-0.2, -0.15) is 0 Å². The van der Waals surface area contributed by atoms with E-state index in [-0.39, 0.29) is 25.3 Å². The molecular formula is C12H14BrNO3. The van der Waals surface area contributed by atoms with Crippen molar-refractivity contribution < 1.29 is 14.7 Å². The molecule has 0 saturated carbocycles. The summed E-state index contributed by atoms with van der Waals surface area (Å²) in [6, 6.07) is 5.68. The minimum absolute atomic E-state index is 0.0524. The van der Waals surface area contributed by atoms with Gasteiger partial charge in [-0.3, -0.25) is 9.59 Å². The Bertz CT molecular complexity index is 432. The minimum Gasteiger partial charge on any atom is -0.481 e. The molecule has 0 radical (unpaired) electrons. The maximum absolute atomic E-state index is 11.5. The lowest BCUT2D eigenvalue weighted by Gasteiger charge is -2.07. The van der Waals surface area contributed by atoms with Crippen LogP contribution in [-0.2, 0) is 16.0 Å². The molecule has 1 aromatic rings. The Hall–Kier alpha value is -1.36. The van der Waals surface area contributed by atoms with Crippen molar-refractivity contribution in [1.82, 2.24) is 5.32 Å². The van der Waals surface area contributed by atoms with E-state index in [1.165, 1.54) is 0 Å². The van der Waals surface area contributed by atoms with E-state index >= 15 is 0 Å². The predicted octanol–water partition coefficient (Wildman–Crippen LogP) is 1.89. The van der Waals surface area contributed by atoms with Crippen LogP contribution >= 0.6 is 15.9 Å². The van der Waals surface area contributed by atoms with Crippen molar-refractivity contribution in [2.24, 2.45) is 0 Å². The van der Waals surface area contributed by atoms with E-state index in [1.54, 1.807) is 0 Å². The number of benzene rings is 1. The lowest BCUT2D eigenvalue weighted by molar-refractivity contribution is -0.136. The van der Waals surface area contributed by atoms with E-state index < -0.39 is 5.97 Å². The highest BCUT2D eigenvalue weighted by Gasteiger charge is 2.07. The predicted molar refractivity (Wildman–Crippen MR) is 67.8 cm³/mol. The fourth-order valence-corrected chi connectivity index (χ4v) is 1.80. The van der Waals surface area contributed by atoms with Gasteiger partial charge in [0.25, 0.3) is 0 Å². The summed E-state index contributed by atoms with van der Waals surface area (Å²) in [4.78, 5) is 21.8. The molecule has 1 rings (SSSR count). The summed E-state index contributed by atoms with van der Waals surface area (Å²) in [6.07, 6.45) is 0.216. The number of carbonyl (C=O) groups excluding carboxylic acids is 1. The van der Waals surface area contributed by atoms with Gasteiger partial charge < -0.3 is 10.4 Å². The molecule has 0 saturated heterocycles. The third kappa shape index (κ3) is 4.56. The number of nitrogens with one attached hydrogen (secondary N) is 1. The molecule has 0 aliphatic carbocycles. The highest BCUT2D eigenvalue weighted by molar-refractivity contribution is 9.10. The van der Waals surface area contributed by atoms with Crippen LogP contribution in [0.5, 0.6) is 0 Å². The number of halogens is 1. The lowest BCUT2D eigenvalue weighted by atomic mass is 10.1. The number of carbonyl (C=O) groups is 2. The van der Waals surface area contributed by atoms with Crippen molar-refractivity contribution in [3.8, 4) is 0 Å². The normalized spacial score (nSPS) is 10.0. The van der Waals surface area contributed by atoms with Gasteiger partial charge in [0.2, 0.25) is 5.91 Å². The van der Waals surface area contributed by atoms with Crippen LogP contribution in [0.1, 0.15) is 17.5 Å². The van der Waals surface area contributed by atoms with Gasteiger partial charge in [-0.1, -0.05) is 28.1 Å².